The van der Waals surface area contributed by atoms with Crippen LogP contribution < -0.4 is 10.6 Å². The van der Waals surface area contributed by atoms with Crippen molar-refractivity contribution in [2.45, 2.75) is 63.2 Å². The monoisotopic (exact) mass is 264 g/mol. The fourth-order valence-corrected chi connectivity index (χ4v) is 3.38. The molecule has 0 spiro atoms. The van der Waals surface area contributed by atoms with Crippen molar-refractivity contribution in [3.8, 4) is 0 Å². The molecule has 1 saturated carbocycles. The van der Waals surface area contributed by atoms with E-state index in [1.54, 1.807) is 0 Å². The lowest BCUT2D eigenvalue weighted by atomic mass is 9.93. The molecule has 3 unspecified atom stereocenters. The zero-order valence-electron chi connectivity index (χ0n) is 10.7. The Bertz CT molecular complexity index is 249. The van der Waals surface area contributed by atoms with Crippen LogP contribution in [0.2, 0.25) is 0 Å². The van der Waals surface area contributed by atoms with Crippen molar-refractivity contribution in [1.29, 1.82) is 0 Å². The van der Waals surface area contributed by atoms with E-state index < -0.39 is 12.6 Å². The molecule has 1 aliphatic heterocycles. The van der Waals surface area contributed by atoms with Gasteiger partial charge in [0.05, 0.1) is 0 Å². The summed E-state index contributed by atoms with van der Waals surface area (Å²) >= 11 is 0. The lowest BCUT2D eigenvalue weighted by Crippen LogP contribution is -2.42. The van der Waals surface area contributed by atoms with E-state index in [0.29, 0.717) is 24.5 Å². The Balaban J connectivity index is 1.68. The molecule has 1 saturated heterocycles. The normalized spacial score (nSPS) is 33.2. The average molecular weight is 264 g/mol. The summed E-state index contributed by atoms with van der Waals surface area (Å²) in [6.45, 7) is 1.59. The minimum atomic E-state index is -4.01. The van der Waals surface area contributed by atoms with E-state index >= 15 is 0 Å². The Morgan fingerprint density at radius 1 is 1.11 bits per heavy atom. The van der Waals surface area contributed by atoms with E-state index in [1.165, 1.54) is 25.7 Å². The fraction of sp³-hybridized carbons (Fsp3) is 1.00. The van der Waals surface area contributed by atoms with Gasteiger partial charge >= 0.3 is 6.18 Å². The summed E-state index contributed by atoms with van der Waals surface area (Å²) in [4.78, 5) is 0. The summed E-state index contributed by atoms with van der Waals surface area (Å²) in [6.07, 6.45) is 1.53. The largest absolute Gasteiger partial charge is 0.389 e. The van der Waals surface area contributed by atoms with Crippen molar-refractivity contribution >= 4 is 0 Å². The summed E-state index contributed by atoms with van der Waals surface area (Å²) in [6, 6.07) is 1.02. The molecule has 3 atom stereocenters. The molecule has 2 fully saturated rings. The molecule has 0 aromatic rings. The van der Waals surface area contributed by atoms with Gasteiger partial charge < -0.3 is 10.6 Å². The number of hydrogen-bond donors (Lipinski definition) is 2. The van der Waals surface area contributed by atoms with Crippen LogP contribution in [0.15, 0.2) is 0 Å². The minimum absolute atomic E-state index is 0.199. The molecule has 1 heterocycles. The predicted octanol–water partition coefficient (Wildman–Crippen LogP) is 2.84. The number of rotatable bonds is 5. The first-order valence-electron chi connectivity index (χ1n) is 7.10. The zero-order valence-corrected chi connectivity index (χ0v) is 10.7. The Hall–Kier alpha value is -0.290. The van der Waals surface area contributed by atoms with Gasteiger partial charge in [-0.2, -0.15) is 13.2 Å². The molecule has 0 bridgehead atoms. The lowest BCUT2D eigenvalue weighted by Gasteiger charge is -2.26. The van der Waals surface area contributed by atoms with Crippen molar-refractivity contribution in [3.05, 3.63) is 0 Å². The first-order chi connectivity index (χ1) is 8.56. The molecule has 106 valence electrons. The summed E-state index contributed by atoms with van der Waals surface area (Å²) in [5.41, 5.74) is 0. The Kier molecular flexibility index (Phi) is 4.90. The quantitative estimate of drug-likeness (QED) is 0.746. The summed E-state index contributed by atoms with van der Waals surface area (Å²) in [7, 11) is 0. The van der Waals surface area contributed by atoms with Crippen molar-refractivity contribution in [3.63, 3.8) is 0 Å². The van der Waals surface area contributed by atoms with E-state index in [9.17, 15) is 13.2 Å². The van der Waals surface area contributed by atoms with E-state index in [1.807, 2.05) is 0 Å². The molecule has 0 aromatic carbocycles. The van der Waals surface area contributed by atoms with Gasteiger partial charge in [-0.1, -0.05) is 6.42 Å². The van der Waals surface area contributed by atoms with E-state index in [2.05, 4.69) is 10.6 Å². The predicted molar refractivity (Wildman–Crippen MR) is 65.4 cm³/mol. The minimum Gasteiger partial charge on any atom is -0.314 e. The van der Waals surface area contributed by atoms with Crippen LogP contribution in [0.3, 0.4) is 0 Å². The van der Waals surface area contributed by atoms with E-state index in [0.717, 1.165) is 13.0 Å². The number of hydrogen-bond acceptors (Lipinski definition) is 2. The van der Waals surface area contributed by atoms with Gasteiger partial charge in [-0.05, 0) is 51.1 Å². The highest BCUT2D eigenvalue weighted by Crippen LogP contribution is 2.32. The van der Waals surface area contributed by atoms with Crippen molar-refractivity contribution < 1.29 is 13.2 Å². The molecule has 2 N–H and O–H groups in total. The molecular formula is C13H23F3N2. The maximum atomic E-state index is 12.0. The summed E-state index contributed by atoms with van der Waals surface area (Å²) in [5, 5.41) is 6.86. The van der Waals surface area contributed by atoms with Crippen LogP contribution in [0, 0.1) is 5.92 Å². The smallest absolute Gasteiger partial charge is 0.314 e. The fourth-order valence-electron chi connectivity index (χ4n) is 3.38. The third-order valence-electron chi connectivity index (χ3n) is 4.23. The van der Waals surface area contributed by atoms with Crippen molar-refractivity contribution in [2.75, 3.05) is 13.1 Å². The standard InChI is InChI=1S/C13H23F3N2/c14-13(15,16)7-3-9-18-11-5-1-4-10(11)12-6-2-8-17-12/h10-12,17-18H,1-9H2. The highest BCUT2D eigenvalue weighted by Gasteiger charge is 2.34. The topological polar surface area (TPSA) is 24.1 Å². The summed E-state index contributed by atoms with van der Waals surface area (Å²) < 4.78 is 36.1. The van der Waals surface area contributed by atoms with Gasteiger partial charge in [-0.15, -0.1) is 0 Å². The van der Waals surface area contributed by atoms with Gasteiger partial charge in [-0.25, -0.2) is 0 Å². The van der Waals surface area contributed by atoms with Crippen LogP contribution in [0.25, 0.3) is 0 Å². The first kappa shape index (κ1) is 14.1. The number of halogens is 3. The van der Waals surface area contributed by atoms with Crippen LogP contribution in [-0.2, 0) is 0 Å². The van der Waals surface area contributed by atoms with Crippen molar-refractivity contribution in [2.24, 2.45) is 5.92 Å². The van der Waals surface area contributed by atoms with Crippen molar-refractivity contribution in [1.82, 2.24) is 10.6 Å². The van der Waals surface area contributed by atoms with Gasteiger partial charge in [0.1, 0.15) is 0 Å². The average Bonchev–Trinajstić information content (AvgIpc) is 2.93. The second kappa shape index (κ2) is 6.24. The van der Waals surface area contributed by atoms with Crippen LogP contribution in [0.4, 0.5) is 13.2 Å². The van der Waals surface area contributed by atoms with Gasteiger partial charge in [-0.3, -0.25) is 0 Å². The van der Waals surface area contributed by atoms with Crippen LogP contribution in [0.5, 0.6) is 0 Å². The highest BCUT2D eigenvalue weighted by molar-refractivity contribution is 4.93. The third-order valence-corrected chi connectivity index (χ3v) is 4.23. The van der Waals surface area contributed by atoms with Gasteiger partial charge in [0, 0.05) is 18.5 Å². The first-order valence-corrected chi connectivity index (χ1v) is 7.10. The molecule has 0 amide bonds. The molecule has 2 rings (SSSR count). The summed E-state index contributed by atoms with van der Waals surface area (Å²) in [5.74, 6) is 0.624. The molecule has 18 heavy (non-hydrogen) atoms. The molecule has 0 radical (unpaired) electrons. The Morgan fingerprint density at radius 2 is 1.94 bits per heavy atom. The molecule has 0 aromatic heterocycles. The SMILES string of the molecule is FC(F)(F)CCCNC1CCCC1C1CCCN1. The van der Waals surface area contributed by atoms with Gasteiger partial charge in [0.2, 0.25) is 0 Å². The van der Waals surface area contributed by atoms with Crippen LogP contribution >= 0.6 is 0 Å². The second-order valence-electron chi connectivity index (χ2n) is 5.58. The highest BCUT2D eigenvalue weighted by atomic mass is 19.4. The molecule has 1 aliphatic carbocycles. The maximum Gasteiger partial charge on any atom is 0.389 e. The maximum absolute atomic E-state index is 12.0. The Morgan fingerprint density at radius 3 is 2.61 bits per heavy atom. The third kappa shape index (κ3) is 4.12. The molecule has 2 nitrogen and oxygen atoms in total. The van der Waals surface area contributed by atoms with E-state index in [-0.39, 0.29) is 6.42 Å². The molecule has 2 aliphatic rings. The molecule has 5 heteroatoms. The van der Waals surface area contributed by atoms with E-state index in [4.69, 9.17) is 0 Å². The Labute approximate surface area is 107 Å². The second-order valence-corrected chi connectivity index (χ2v) is 5.58. The van der Waals surface area contributed by atoms with Crippen LogP contribution in [-0.4, -0.2) is 31.3 Å². The van der Waals surface area contributed by atoms with Gasteiger partial charge in [0.15, 0.2) is 0 Å². The van der Waals surface area contributed by atoms with Gasteiger partial charge in [0.25, 0.3) is 0 Å². The van der Waals surface area contributed by atoms with Crippen LogP contribution in [0.1, 0.15) is 44.9 Å². The number of nitrogens with one attached hydrogen (secondary N) is 2. The number of alkyl halides is 3. The zero-order chi connectivity index (χ0) is 13.0. The lowest BCUT2D eigenvalue weighted by molar-refractivity contribution is -0.135. The molecular weight excluding hydrogens is 241 g/mol.